The summed E-state index contributed by atoms with van der Waals surface area (Å²) >= 11 is 1.30. The summed E-state index contributed by atoms with van der Waals surface area (Å²) in [5.74, 6) is 0. The highest BCUT2D eigenvalue weighted by atomic mass is 32.1. The van der Waals surface area contributed by atoms with Gasteiger partial charge in [-0.1, -0.05) is 6.92 Å². The molecule has 0 atom stereocenters. The van der Waals surface area contributed by atoms with Crippen LogP contribution in [0.25, 0.3) is 0 Å². The van der Waals surface area contributed by atoms with Gasteiger partial charge < -0.3 is 10.1 Å². The van der Waals surface area contributed by atoms with Crippen molar-refractivity contribution in [3.05, 3.63) is 21.9 Å². The molecule has 0 saturated heterocycles. The molecule has 1 amide bonds. The fourth-order valence-corrected chi connectivity index (χ4v) is 1.89. The average molecular weight is 243 g/mol. The van der Waals surface area contributed by atoms with E-state index in [2.05, 4.69) is 5.32 Å². The number of amides is 1. The predicted molar refractivity (Wildman–Crippen MR) is 66.8 cm³/mol. The quantitative estimate of drug-likeness (QED) is 0.884. The van der Waals surface area contributed by atoms with Crippen molar-refractivity contribution in [2.45, 2.75) is 46.2 Å². The first-order valence-corrected chi connectivity index (χ1v) is 6.11. The third-order valence-corrected chi connectivity index (χ3v) is 2.64. The Kier molecular flexibility index (Phi) is 3.39. The molecule has 16 heavy (non-hydrogen) atoms. The number of carbonyl (C=O) groups excluding carboxylic acids is 1. The van der Waals surface area contributed by atoms with Crippen molar-refractivity contribution in [1.29, 1.82) is 0 Å². The molecule has 1 aromatic rings. The minimum Gasteiger partial charge on any atom is -0.444 e. The molecule has 0 aliphatic carbocycles. The van der Waals surface area contributed by atoms with Gasteiger partial charge in [0.25, 0.3) is 0 Å². The zero-order chi connectivity index (χ0) is 14.0. The summed E-state index contributed by atoms with van der Waals surface area (Å²) in [6.07, 6.45) is 0.0953. The van der Waals surface area contributed by atoms with Gasteiger partial charge in [0.2, 0.25) is 0 Å². The molecule has 1 N–H and O–H groups in total. The van der Waals surface area contributed by atoms with Gasteiger partial charge in [-0.15, -0.1) is 11.3 Å². The SMILES string of the molecule is [2H]C([2H])(NC(=O)OC(C)(C)C)c1cc(CC)cs1. The Hall–Kier alpha value is -1.03. The zero-order valence-electron chi connectivity index (χ0n) is 12.1. The van der Waals surface area contributed by atoms with E-state index in [0.29, 0.717) is 4.88 Å². The standard InChI is InChI=1S/C12H19NO2S/c1-5-9-6-10(16-8-9)7-13-11(14)15-12(2,3)4/h6,8H,5,7H2,1-4H3,(H,13,14)/i7D2. The Morgan fingerprint density at radius 3 is 2.81 bits per heavy atom. The second-order valence-corrected chi connectivity index (χ2v) is 5.34. The molecule has 1 rings (SSSR count). The smallest absolute Gasteiger partial charge is 0.407 e. The molecule has 0 unspecified atom stereocenters. The summed E-state index contributed by atoms with van der Waals surface area (Å²) in [7, 11) is 0. The summed E-state index contributed by atoms with van der Waals surface area (Å²) in [6.45, 7) is 5.32. The van der Waals surface area contributed by atoms with Crippen LogP contribution in [-0.4, -0.2) is 11.7 Å². The maximum Gasteiger partial charge on any atom is 0.407 e. The van der Waals surface area contributed by atoms with Crippen LogP contribution in [0.15, 0.2) is 11.4 Å². The van der Waals surface area contributed by atoms with Crippen molar-refractivity contribution in [3.63, 3.8) is 0 Å². The molecule has 3 nitrogen and oxygen atoms in total. The van der Waals surface area contributed by atoms with Crippen molar-refractivity contribution >= 4 is 17.4 Å². The number of aryl methyl sites for hydroxylation is 1. The first-order chi connectivity index (χ1) is 8.14. The summed E-state index contributed by atoms with van der Waals surface area (Å²) in [5.41, 5.74) is 0.425. The third kappa shape index (κ3) is 4.66. The Labute approximate surface area is 104 Å². The van der Waals surface area contributed by atoms with Gasteiger partial charge in [0.15, 0.2) is 0 Å². The van der Waals surface area contributed by atoms with Gasteiger partial charge in [-0.3, -0.25) is 0 Å². The van der Waals surface area contributed by atoms with Crippen LogP contribution in [0.4, 0.5) is 4.79 Å². The van der Waals surface area contributed by atoms with E-state index < -0.39 is 18.2 Å². The lowest BCUT2D eigenvalue weighted by Crippen LogP contribution is -2.31. The van der Waals surface area contributed by atoms with Crippen LogP contribution in [0.2, 0.25) is 0 Å². The molecule has 0 aliphatic heterocycles. The molecule has 0 saturated carbocycles. The molecule has 4 heteroatoms. The van der Waals surface area contributed by atoms with E-state index in [9.17, 15) is 4.79 Å². The van der Waals surface area contributed by atoms with Crippen molar-refractivity contribution < 1.29 is 12.3 Å². The number of hydrogen-bond acceptors (Lipinski definition) is 3. The minimum absolute atomic E-state index is 0.477. The molecule has 0 radical (unpaired) electrons. The Morgan fingerprint density at radius 2 is 2.31 bits per heavy atom. The van der Waals surface area contributed by atoms with E-state index in [1.807, 2.05) is 12.3 Å². The highest BCUT2D eigenvalue weighted by Gasteiger charge is 2.15. The normalized spacial score (nSPS) is 14.0. The summed E-state index contributed by atoms with van der Waals surface area (Å²) in [5, 5.41) is 4.14. The summed E-state index contributed by atoms with van der Waals surface area (Å²) in [4.78, 5) is 12.0. The van der Waals surface area contributed by atoms with Gasteiger partial charge >= 0.3 is 6.09 Å². The maximum absolute atomic E-state index is 11.6. The molecule has 90 valence electrons. The summed E-state index contributed by atoms with van der Waals surface area (Å²) in [6, 6.07) is 1.77. The van der Waals surface area contributed by atoms with Crippen molar-refractivity contribution in [2.24, 2.45) is 0 Å². The van der Waals surface area contributed by atoms with Gasteiger partial charge in [0.1, 0.15) is 5.60 Å². The van der Waals surface area contributed by atoms with Crippen LogP contribution in [0.1, 0.15) is 40.9 Å². The zero-order valence-corrected chi connectivity index (χ0v) is 10.9. The van der Waals surface area contributed by atoms with Gasteiger partial charge in [-0.2, -0.15) is 0 Å². The lowest BCUT2D eigenvalue weighted by Gasteiger charge is -2.19. The van der Waals surface area contributed by atoms with Crippen LogP contribution in [0, 0.1) is 0 Å². The lowest BCUT2D eigenvalue weighted by molar-refractivity contribution is 0.0524. The van der Waals surface area contributed by atoms with E-state index in [4.69, 9.17) is 7.48 Å². The summed E-state index contributed by atoms with van der Waals surface area (Å²) < 4.78 is 20.8. The molecular formula is C12H19NO2S. The van der Waals surface area contributed by atoms with Crippen LogP contribution in [-0.2, 0) is 17.7 Å². The second kappa shape index (κ2) is 5.34. The molecule has 0 aliphatic rings. The minimum atomic E-state index is -1.90. The highest BCUT2D eigenvalue weighted by molar-refractivity contribution is 7.10. The molecule has 0 bridgehead atoms. The van der Waals surface area contributed by atoms with Gasteiger partial charge in [0.05, 0.1) is 9.24 Å². The molecule has 0 fully saturated rings. The first-order valence-electron chi connectivity index (χ1n) is 6.23. The number of rotatable bonds is 3. The number of hydrogen-bond donors (Lipinski definition) is 1. The molecule has 0 spiro atoms. The number of alkyl carbamates (subject to hydrolysis) is 1. The van der Waals surface area contributed by atoms with E-state index in [1.54, 1.807) is 26.8 Å². The van der Waals surface area contributed by atoms with E-state index in [1.165, 1.54) is 11.3 Å². The number of carbonyl (C=O) groups is 1. The van der Waals surface area contributed by atoms with E-state index in [-0.39, 0.29) is 0 Å². The van der Waals surface area contributed by atoms with Crippen molar-refractivity contribution in [3.8, 4) is 0 Å². The largest absolute Gasteiger partial charge is 0.444 e. The maximum atomic E-state index is 11.6. The van der Waals surface area contributed by atoms with Gasteiger partial charge in [-0.05, 0) is 44.2 Å². The Bertz CT molecular complexity index is 424. The second-order valence-electron chi connectivity index (χ2n) is 4.42. The monoisotopic (exact) mass is 243 g/mol. The molecular weight excluding hydrogens is 222 g/mol. The average Bonchev–Trinajstić information content (AvgIpc) is 2.61. The van der Waals surface area contributed by atoms with Gasteiger partial charge in [-0.25, -0.2) is 4.79 Å². The van der Waals surface area contributed by atoms with Crippen LogP contribution >= 0.6 is 11.3 Å². The predicted octanol–water partition coefficient (Wildman–Crippen LogP) is 3.34. The lowest BCUT2D eigenvalue weighted by atomic mass is 10.2. The topological polar surface area (TPSA) is 38.3 Å². The fourth-order valence-electron chi connectivity index (χ4n) is 1.04. The van der Waals surface area contributed by atoms with Crippen LogP contribution < -0.4 is 5.32 Å². The fraction of sp³-hybridized carbons (Fsp3) is 0.583. The molecule has 1 heterocycles. The van der Waals surface area contributed by atoms with Crippen LogP contribution in [0.5, 0.6) is 0 Å². The van der Waals surface area contributed by atoms with Crippen molar-refractivity contribution in [1.82, 2.24) is 5.32 Å². The third-order valence-electron chi connectivity index (χ3n) is 1.75. The first kappa shape index (κ1) is 10.1. The van der Waals surface area contributed by atoms with Crippen LogP contribution in [0.3, 0.4) is 0 Å². The molecule has 1 aromatic heterocycles. The number of ether oxygens (including phenoxy) is 1. The Morgan fingerprint density at radius 1 is 1.62 bits per heavy atom. The molecule has 0 aromatic carbocycles. The number of thiophene rings is 1. The van der Waals surface area contributed by atoms with E-state index >= 15 is 0 Å². The highest BCUT2D eigenvalue weighted by Crippen LogP contribution is 2.15. The Balaban J connectivity index is 2.72. The van der Waals surface area contributed by atoms with Gasteiger partial charge in [0, 0.05) is 4.88 Å². The van der Waals surface area contributed by atoms with Crippen molar-refractivity contribution in [2.75, 3.05) is 0 Å². The van der Waals surface area contributed by atoms with E-state index in [0.717, 1.165) is 12.0 Å². The number of nitrogens with one attached hydrogen (secondary N) is 1.